The van der Waals surface area contributed by atoms with Crippen molar-refractivity contribution in [3.63, 3.8) is 0 Å². The van der Waals surface area contributed by atoms with Crippen LogP contribution in [0.3, 0.4) is 0 Å². The number of nitrogens with one attached hydrogen (secondary N) is 2. The van der Waals surface area contributed by atoms with E-state index in [0.717, 1.165) is 17.1 Å². The second-order valence-corrected chi connectivity index (χ2v) is 13.5. The first-order valence-corrected chi connectivity index (χ1v) is 17.4. The maximum atomic E-state index is 12.9. The van der Waals surface area contributed by atoms with E-state index < -0.39 is 0 Å². The molecule has 2 N–H and O–H groups in total. The van der Waals surface area contributed by atoms with E-state index in [1.165, 1.54) is 0 Å². The highest BCUT2D eigenvalue weighted by molar-refractivity contribution is 6.00. The smallest absolute Gasteiger partial charge is 0.233 e. The number of nitrogens with zero attached hydrogens (tertiary/aromatic N) is 6. The van der Waals surface area contributed by atoms with Crippen LogP contribution in [0.1, 0.15) is 93.6 Å². The van der Waals surface area contributed by atoms with Gasteiger partial charge in [-0.25, -0.2) is 15.0 Å². The van der Waals surface area contributed by atoms with Crippen LogP contribution >= 0.6 is 0 Å². The highest BCUT2D eigenvalue weighted by Gasteiger charge is 2.26. The second-order valence-electron chi connectivity index (χ2n) is 13.5. The van der Waals surface area contributed by atoms with Crippen LogP contribution in [0.15, 0.2) is 72.8 Å². The molecule has 0 saturated heterocycles. The largest absolute Gasteiger partial charge is 0.373 e. The van der Waals surface area contributed by atoms with E-state index in [2.05, 4.69) is 72.1 Å². The number of carbonyl (C=O) groups excluding carboxylic acids is 2. The molecule has 0 unspecified atom stereocenters. The molecule has 10 heteroatoms. The zero-order valence-electron chi connectivity index (χ0n) is 32.8. The van der Waals surface area contributed by atoms with Crippen molar-refractivity contribution >= 4 is 46.6 Å². The molecule has 50 heavy (non-hydrogen) atoms. The zero-order valence-corrected chi connectivity index (χ0v) is 32.8. The number of amides is 2. The Bertz CT molecular complexity index is 1480. The Kier molecular flexibility index (Phi) is 17.8. The average Bonchev–Trinajstić information content (AvgIpc) is 3.06. The summed E-state index contributed by atoms with van der Waals surface area (Å²) in [5, 5.41) is 5.95. The van der Waals surface area contributed by atoms with Crippen LogP contribution in [-0.4, -0.2) is 45.8 Å². The third-order valence-electron chi connectivity index (χ3n) is 6.49. The lowest BCUT2D eigenvalue weighted by Gasteiger charge is -2.26. The lowest BCUT2D eigenvalue weighted by Crippen LogP contribution is -2.30. The molecule has 272 valence electrons. The fourth-order valence-corrected chi connectivity index (χ4v) is 4.60. The molecule has 0 fully saturated rings. The first-order valence-electron chi connectivity index (χ1n) is 17.4. The Hall–Kier alpha value is -4.86. The summed E-state index contributed by atoms with van der Waals surface area (Å²) < 4.78 is 0. The van der Waals surface area contributed by atoms with Crippen LogP contribution in [0.2, 0.25) is 0 Å². The molecule has 0 aliphatic carbocycles. The molecule has 0 spiro atoms. The summed E-state index contributed by atoms with van der Waals surface area (Å²) in [6.07, 6.45) is 0.861. The summed E-state index contributed by atoms with van der Waals surface area (Å²) in [7, 11) is 3.57. The number of rotatable bonds is 8. The van der Waals surface area contributed by atoms with Crippen molar-refractivity contribution in [3.05, 3.63) is 84.3 Å². The van der Waals surface area contributed by atoms with Crippen molar-refractivity contribution in [2.45, 2.75) is 95.9 Å². The Morgan fingerprint density at radius 2 is 1.02 bits per heavy atom. The summed E-state index contributed by atoms with van der Waals surface area (Å²) in [5.41, 5.74) is 2.23. The maximum Gasteiger partial charge on any atom is 0.233 e. The lowest BCUT2D eigenvalue weighted by atomic mass is 9.91. The summed E-state index contributed by atoms with van der Waals surface area (Å²) in [6.45, 7) is 24.0. The van der Waals surface area contributed by atoms with Gasteiger partial charge in [0.2, 0.25) is 17.8 Å². The summed E-state index contributed by atoms with van der Waals surface area (Å²) in [5.74, 6) is 3.02. The van der Waals surface area contributed by atoms with E-state index in [-0.39, 0.29) is 22.6 Å². The molecule has 0 atom stereocenters. The van der Waals surface area contributed by atoms with Crippen LogP contribution in [0.4, 0.5) is 34.8 Å². The zero-order chi connectivity index (χ0) is 38.1. The molecule has 2 aromatic heterocycles. The molecule has 2 heterocycles. The number of benzene rings is 2. The lowest BCUT2D eigenvalue weighted by molar-refractivity contribution is -0.120. The normalized spacial score (nSPS) is 10.5. The van der Waals surface area contributed by atoms with Gasteiger partial charge >= 0.3 is 0 Å². The number of hydrogen-bond donors (Lipinski definition) is 2. The average molecular weight is 685 g/mol. The summed E-state index contributed by atoms with van der Waals surface area (Å²) in [4.78, 5) is 46.7. The van der Waals surface area contributed by atoms with Gasteiger partial charge in [-0.05, 0) is 48.9 Å². The molecule has 0 radical (unpaired) electrons. The van der Waals surface area contributed by atoms with Gasteiger partial charge in [-0.2, -0.15) is 4.98 Å². The molecule has 4 aromatic rings. The van der Waals surface area contributed by atoms with Gasteiger partial charge in [0.1, 0.15) is 23.3 Å². The quantitative estimate of drug-likeness (QED) is 0.188. The van der Waals surface area contributed by atoms with Gasteiger partial charge in [0.25, 0.3) is 0 Å². The molecule has 0 aliphatic rings. The van der Waals surface area contributed by atoms with E-state index in [4.69, 9.17) is 0 Å². The SMILES string of the molecule is CC.CC.CNc1cc(N(C(=O)CC(C)(C)C)c2ccccc2)nc(C)n1.CNc1nc(C)cc(N(C(=O)CC(C)(C)C)c2ccccc2)n1. The number of para-hydroxylation sites is 2. The molecule has 0 saturated carbocycles. The Balaban J connectivity index is 0.000000455. The van der Waals surface area contributed by atoms with E-state index in [1.807, 2.05) is 108 Å². The van der Waals surface area contributed by atoms with Gasteiger partial charge in [-0.3, -0.25) is 19.4 Å². The minimum absolute atomic E-state index is 0.0175. The highest BCUT2D eigenvalue weighted by Crippen LogP contribution is 2.31. The Morgan fingerprint density at radius 3 is 1.40 bits per heavy atom. The molecule has 0 aliphatic heterocycles. The van der Waals surface area contributed by atoms with E-state index in [0.29, 0.717) is 42.1 Å². The fraction of sp³-hybridized carbons (Fsp3) is 0.450. The molecule has 10 nitrogen and oxygen atoms in total. The minimum Gasteiger partial charge on any atom is -0.373 e. The number of hydrogen-bond acceptors (Lipinski definition) is 8. The number of aromatic nitrogens is 4. The van der Waals surface area contributed by atoms with Gasteiger partial charge in [0.05, 0.1) is 11.4 Å². The predicted molar refractivity (Wildman–Crippen MR) is 211 cm³/mol. The molecular formula is C40H60N8O2. The monoisotopic (exact) mass is 684 g/mol. The summed E-state index contributed by atoms with van der Waals surface area (Å²) >= 11 is 0. The topological polar surface area (TPSA) is 116 Å². The van der Waals surface area contributed by atoms with Crippen molar-refractivity contribution in [1.29, 1.82) is 0 Å². The van der Waals surface area contributed by atoms with Gasteiger partial charge in [0, 0.05) is 44.8 Å². The van der Waals surface area contributed by atoms with Gasteiger partial charge < -0.3 is 10.6 Å². The molecule has 2 amide bonds. The van der Waals surface area contributed by atoms with Crippen molar-refractivity contribution in [3.8, 4) is 0 Å². The van der Waals surface area contributed by atoms with Crippen LogP contribution < -0.4 is 20.4 Å². The first-order chi connectivity index (χ1) is 23.6. The third-order valence-corrected chi connectivity index (χ3v) is 6.49. The van der Waals surface area contributed by atoms with Crippen molar-refractivity contribution in [2.24, 2.45) is 10.8 Å². The molecule has 2 aromatic carbocycles. The number of carbonyl (C=O) groups is 2. The summed E-state index contributed by atoms with van der Waals surface area (Å²) in [6, 6.07) is 22.8. The van der Waals surface area contributed by atoms with Gasteiger partial charge in [-0.15, -0.1) is 0 Å². The van der Waals surface area contributed by atoms with E-state index in [9.17, 15) is 9.59 Å². The Labute approximate surface area is 301 Å². The number of anilines is 6. The predicted octanol–water partition coefficient (Wildman–Crippen LogP) is 9.91. The van der Waals surface area contributed by atoms with Crippen molar-refractivity contribution in [1.82, 2.24) is 19.9 Å². The molecule has 4 rings (SSSR count). The van der Waals surface area contributed by atoms with Crippen molar-refractivity contribution in [2.75, 3.05) is 34.5 Å². The third kappa shape index (κ3) is 14.3. The highest BCUT2D eigenvalue weighted by atomic mass is 16.2. The maximum absolute atomic E-state index is 12.9. The van der Waals surface area contributed by atoms with E-state index >= 15 is 0 Å². The standard InChI is InChI=1S/2C18H24N4O.2C2H6/c1-13-20-15(19-5)11-16(21-13)22(14-9-7-6-8-10-14)17(23)12-18(2,3)4;1-13-11-15(21-17(19-5)20-13)22(14-9-7-6-8-10-14)16(23)12-18(2,3)4;2*1-2/h2*6-11H,12H2,1-5H3,(H,19,20,21);2*1-2H3. The van der Waals surface area contributed by atoms with Crippen LogP contribution in [0.5, 0.6) is 0 Å². The molecule has 0 bridgehead atoms. The van der Waals surface area contributed by atoms with E-state index in [1.54, 1.807) is 30.0 Å². The van der Waals surface area contributed by atoms with Crippen LogP contribution in [0.25, 0.3) is 0 Å². The van der Waals surface area contributed by atoms with Gasteiger partial charge in [-0.1, -0.05) is 106 Å². The Morgan fingerprint density at radius 1 is 0.600 bits per heavy atom. The second kappa shape index (κ2) is 20.6. The first kappa shape index (κ1) is 43.2. The van der Waals surface area contributed by atoms with Gasteiger partial charge in [0.15, 0.2) is 0 Å². The van der Waals surface area contributed by atoms with Crippen LogP contribution in [-0.2, 0) is 9.59 Å². The number of aryl methyl sites for hydroxylation is 2. The van der Waals surface area contributed by atoms with Crippen molar-refractivity contribution < 1.29 is 9.59 Å². The molecular weight excluding hydrogens is 624 g/mol. The minimum atomic E-state index is -0.0992. The van der Waals surface area contributed by atoms with Crippen LogP contribution in [0, 0.1) is 24.7 Å². The fourth-order valence-electron chi connectivity index (χ4n) is 4.60.